The van der Waals surface area contributed by atoms with Crippen LogP contribution in [0.5, 0.6) is 0 Å². The summed E-state index contributed by atoms with van der Waals surface area (Å²) in [7, 11) is -2.98. The van der Waals surface area contributed by atoms with E-state index in [4.69, 9.17) is 5.73 Å². The summed E-state index contributed by atoms with van der Waals surface area (Å²) in [6.07, 6.45) is 4.48. The summed E-state index contributed by atoms with van der Waals surface area (Å²) in [5.41, 5.74) is 6.92. The van der Waals surface area contributed by atoms with Crippen LogP contribution in [-0.4, -0.2) is 40.8 Å². The second kappa shape index (κ2) is 6.43. The number of aromatic nitrogens is 3. The van der Waals surface area contributed by atoms with Gasteiger partial charge in [0.15, 0.2) is 0 Å². The van der Waals surface area contributed by atoms with Gasteiger partial charge in [-0.25, -0.2) is 13.1 Å². The standard InChI is InChI=1S/C16H21N5O3S2/c17-16(4-5-16)21-9-13(19-20-21)14(11-2-7-26(23,24)8-3-11)18-15(22)12-1-6-25-10-12/h1,6,9-11,14H,2-5,7-8,17H2,(H,18,22)/t14-/m0/s1. The van der Waals surface area contributed by atoms with Gasteiger partial charge >= 0.3 is 0 Å². The molecule has 140 valence electrons. The van der Waals surface area contributed by atoms with Crippen molar-refractivity contribution < 1.29 is 13.2 Å². The third kappa shape index (κ3) is 3.53. The molecule has 3 N–H and O–H groups in total. The zero-order valence-electron chi connectivity index (χ0n) is 14.2. The van der Waals surface area contributed by atoms with Gasteiger partial charge in [-0.15, -0.1) is 5.10 Å². The van der Waals surface area contributed by atoms with E-state index in [1.807, 2.05) is 5.38 Å². The van der Waals surface area contributed by atoms with E-state index in [9.17, 15) is 13.2 Å². The Hall–Kier alpha value is -1.78. The van der Waals surface area contributed by atoms with E-state index in [0.717, 1.165) is 12.8 Å². The normalized spacial score (nSPS) is 22.7. The monoisotopic (exact) mass is 395 g/mol. The summed E-state index contributed by atoms with van der Waals surface area (Å²) >= 11 is 1.45. The van der Waals surface area contributed by atoms with E-state index in [1.54, 1.807) is 22.3 Å². The number of hydrogen-bond acceptors (Lipinski definition) is 7. The highest BCUT2D eigenvalue weighted by Crippen LogP contribution is 2.38. The maximum absolute atomic E-state index is 12.6. The Morgan fingerprint density at radius 2 is 2.12 bits per heavy atom. The van der Waals surface area contributed by atoms with Crippen molar-refractivity contribution in [2.24, 2.45) is 11.7 Å². The van der Waals surface area contributed by atoms with Gasteiger partial charge in [-0.2, -0.15) is 11.3 Å². The van der Waals surface area contributed by atoms with E-state index in [0.29, 0.717) is 24.1 Å². The Bertz CT molecular complexity index is 888. The zero-order chi connectivity index (χ0) is 18.4. The first-order valence-corrected chi connectivity index (χ1v) is 11.4. The van der Waals surface area contributed by atoms with Crippen LogP contribution in [-0.2, 0) is 15.5 Å². The van der Waals surface area contributed by atoms with Crippen molar-refractivity contribution in [3.8, 4) is 0 Å². The van der Waals surface area contributed by atoms with Gasteiger partial charge in [-0.1, -0.05) is 5.21 Å². The molecule has 2 aliphatic rings. The van der Waals surface area contributed by atoms with Crippen molar-refractivity contribution in [3.63, 3.8) is 0 Å². The van der Waals surface area contributed by atoms with Crippen molar-refractivity contribution in [2.75, 3.05) is 11.5 Å². The Kier molecular flexibility index (Phi) is 4.36. The Morgan fingerprint density at radius 1 is 1.38 bits per heavy atom. The average molecular weight is 396 g/mol. The van der Waals surface area contributed by atoms with Crippen LogP contribution >= 0.6 is 11.3 Å². The topological polar surface area (TPSA) is 120 Å². The summed E-state index contributed by atoms with van der Waals surface area (Å²) < 4.78 is 25.2. The van der Waals surface area contributed by atoms with Crippen LogP contribution in [0.15, 0.2) is 23.0 Å². The molecule has 3 heterocycles. The molecule has 8 nitrogen and oxygen atoms in total. The van der Waals surface area contributed by atoms with Crippen LogP contribution < -0.4 is 11.1 Å². The second-order valence-corrected chi connectivity index (χ2v) is 10.2. The van der Waals surface area contributed by atoms with Crippen molar-refractivity contribution in [1.29, 1.82) is 0 Å². The molecule has 2 aromatic rings. The fourth-order valence-electron chi connectivity index (χ4n) is 3.29. The number of carbonyl (C=O) groups is 1. The Labute approximate surface area is 155 Å². The van der Waals surface area contributed by atoms with E-state index in [-0.39, 0.29) is 29.4 Å². The van der Waals surface area contributed by atoms with Crippen LogP contribution in [0.3, 0.4) is 0 Å². The number of nitrogens with one attached hydrogen (secondary N) is 1. The van der Waals surface area contributed by atoms with Crippen LogP contribution in [0.1, 0.15) is 47.8 Å². The summed E-state index contributed by atoms with van der Waals surface area (Å²) in [6.45, 7) is 0. The van der Waals surface area contributed by atoms with Gasteiger partial charge in [0.2, 0.25) is 0 Å². The highest BCUT2D eigenvalue weighted by Gasteiger charge is 2.42. The van der Waals surface area contributed by atoms with Crippen molar-refractivity contribution in [3.05, 3.63) is 34.3 Å². The number of thiophene rings is 1. The highest BCUT2D eigenvalue weighted by atomic mass is 32.2. The molecule has 1 aliphatic carbocycles. The van der Waals surface area contributed by atoms with Crippen LogP contribution in [0.2, 0.25) is 0 Å². The van der Waals surface area contributed by atoms with Crippen LogP contribution in [0.4, 0.5) is 0 Å². The van der Waals surface area contributed by atoms with Gasteiger partial charge in [0.05, 0.1) is 29.3 Å². The Balaban J connectivity index is 1.58. The molecule has 0 spiro atoms. The van der Waals surface area contributed by atoms with Crippen molar-refractivity contribution in [1.82, 2.24) is 20.3 Å². The van der Waals surface area contributed by atoms with Gasteiger partial charge in [0.1, 0.15) is 21.2 Å². The predicted octanol–water partition coefficient (Wildman–Crippen LogP) is 1.04. The summed E-state index contributed by atoms with van der Waals surface area (Å²) in [5.74, 6) is 0.0850. The predicted molar refractivity (Wildman–Crippen MR) is 97.3 cm³/mol. The van der Waals surface area contributed by atoms with Crippen LogP contribution in [0.25, 0.3) is 0 Å². The molecule has 0 unspecified atom stereocenters. The molecule has 0 aromatic carbocycles. The fraction of sp³-hybridized carbons (Fsp3) is 0.562. The number of sulfone groups is 1. The van der Waals surface area contributed by atoms with Gasteiger partial charge in [-0.3, -0.25) is 4.79 Å². The molecular formula is C16H21N5O3S2. The molecule has 1 aliphatic heterocycles. The molecule has 1 amide bonds. The van der Waals surface area contributed by atoms with Crippen molar-refractivity contribution in [2.45, 2.75) is 37.4 Å². The minimum atomic E-state index is -2.98. The van der Waals surface area contributed by atoms with Gasteiger partial charge in [-0.05, 0) is 43.0 Å². The van der Waals surface area contributed by atoms with E-state index >= 15 is 0 Å². The molecular weight excluding hydrogens is 374 g/mol. The second-order valence-electron chi connectivity index (χ2n) is 7.14. The van der Waals surface area contributed by atoms with E-state index in [2.05, 4.69) is 15.6 Å². The molecule has 10 heteroatoms. The molecule has 26 heavy (non-hydrogen) atoms. The zero-order valence-corrected chi connectivity index (χ0v) is 15.8. The first-order chi connectivity index (χ1) is 12.4. The minimum absolute atomic E-state index is 0.000752. The number of nitrogens with zero attached hydrogens (tertiary/aromatic N) is 3. The lowest BCUT2D eigenvalue weighted by molar-refractivity contribution is 0.0918. The number of nitrogens with two attached hydrogens (primary N) is 1. The molecule has 1 atom stereocenters. The Morgan fingerprint density at radius 3 is 2.73 bits per heavy atom. The maximum Gasteiger partial charge on any atom is 0.252 e. The molecule has 1 saturated carbocycles. The summed E-state index contributed by atoms with van der Waals surface area (Å²) in [5, 5.41) is 15.0. The third-order valence-corrected chi connectivity index (χ3v) is 7.59. The number of hydrogen-bond donors (Lipinski definition) is 2. The van der Waals surface area contributed by atoms with Gasteiger partial charge in [0, 0.05) is 5.38 Å². The van der Waals surface area contributed by atoms with Crippen molar-refractivity contribution >= 4 is 27.1 Å². The SMILES string of the molecule is NC1(n2cc([C@@H](NC(=O)c3ccsc3)C3CCS(=O)(=O)CC3)nn2)CC1. The molecule has 2 aromatic heterocycles. The molecule has 0 bridgehead atoms. The molecule has 1 saturated heterocycles. The number of carbonyl (C=O) groups excluding carboxylic acids is 1. The lowest BCUT2D eigenvalue weighted by Crippen LogP contribution is -2.37. The van der Waals surface area contributed by atoms with E-state index < -0.39 is 15.5 Å². The summed E-state index contributed by atoms with van der Waals surface area (Å²) in [6, 6.07) is 1.38. The number of rotatable bonds is 5. The largest absolute Gasteiger partial charge is 0.343 e. The highest BCUT2D eigenvalue weighted by molar-refractivity contribution is 7.91. The van der Waals surface area contributed by atoms with Gasteiger partial charge in [0.25, 0.3) is 5.91 Å². The quantitative estimate of drug-likeness (QED) is 0.780. The third-order valence-electron chi connectivity index (χ3n) is 5.19. The minimum Gasteiger partial charge on any atom is -0.343 e. The fourth-order valence-corrected chi connectivity index (χ4v) is 5.45. The molecule has 0 radical (unpaired) electrons. The average Bonchev–Trinajstić information content (AvgIpc) is 3.07. The first kappa shape index (κ1) is 17.6. The first-order valence-electron chi connectivity index (χ1n) is 8.61. The molecule has 4 rings (SSSR count). The smallest absolute Gasteiger partial charge is 0.252 e. The van der Waals surface area contributed by atoms with Crippen LogP contribution in [0, 0.1) is 5.92 Å². The number of amides is 1. The van der Waals surface area contributed by atoms with E-state index in [1.165, 1.54) is 11.3 Å². The summed E-state index contributed by atoms with van der Waals surface area (Å²) in [4.78, 5) is 12.6. The lowest BCUT2D eigenvalue weighted by Gasteiger charge is -2.29. The molecule has 2 fully saturated rings. The van der Waals surface area contributed by atoms with Gasteiger partial charge < -0.3 is 11.1 Å². The lowest BCUT2D eigenvalue weighted by atomic mass is 9.91. The maximum atomic E-state index is 12.6.